The molecule has 1 rings (SSSR count). The Kier molecular flexibility index (Phi) is 3.80. The quantitative estimate of drug-likeness (QED) is 0.685. The molecule has 82 valence electrons. The first-order valence-electron chi connectivity index (χ1n) is 4.58. The second kappa shape index (κ2) is 4.89. The number of anilines is 2. The Morgan fingerprint density at radius 3 is 2.73 bits per heavy atom. The Morgan fingerprint density at radius 2 is 2.20 bits per heavy atom. The second-order valence-electron chi connectivity index (χ2n) is 3.18. The molecule has 0 heterocycles. The largest absolute Gasteiger partial charge is 0.397 e. The minimum Gasteiger partial charge on any atom is -0.397 e. The highest BCUT2D eigenvalue weighted by molar-refractivity contribution is 6.34. The number of hydrogen-bond donors (Lipinski definition) is 3. The van der Waals surface area contributed by atoms with Gasteiger partial charge in [-0.05, 0) is 19.1 Å². The fraction of sp³-hybridized carbons (Fsp3) is 0.300. The van der Waals surface area contributed by atoms with Crippen molar-refractivity contribution in [3.63, 3.8) is 0 Å². The van der Waals surface area contributed by atoms with Gasteiger partial charge in [-0.25, -0.2) is 0 Å². The lowest BCUT2D eigenvalue weighted by Crippen LogP contribution is -2.35. The van der Waals surface area contributed by atoms with Gasteiger partial charge in [0, 0.05) is 7.05 Å². The van der Waals surface area contributed by atoms with Gasteiger partial charge in [0.2, 0.25) is 5.91 Å². The minimum absolute atomic E-state index is 0.116. The third kappa shape index (κ3) is 2.76. The third-order valence-corrected chi connectivity index (χ3v) is 2.36. The van der Waals surface area contributed by atoms with Crippen molar-refractivity contribution in [1.82, 2.24) is 5.32 Å². The number of nitrogen functional groups attached to an aromatic ring is 1. The van der Waals surface area contributed by atoms with Gasteiger partial charge in [0.05, 0.1) is 16.4 Å². The van der Waals surface area contributed by atoms with Crippen LogP contribution in [0.3, 0.4) is 0 Å². The van der Waals surface area contributed by atoms with Crippen molar-refractivity contribution in [1.29, 1.82) is 0 Å². The summed E-state index contributed by atoms with van der Waals surface area (Å²) in [5.74, 6) is -0.116. The van der Waals surface area contributed by atoms with Crippen LogP contribution in [0.2, 0.25) is 5.02 Å². The predicted molar refractivity (Wildman–Crippen MR) is 63.0 cm³/mol. The van der Waals surface area contributed by atoms with E-state index in [-0.39, 0.29) is 11.9 Å². The molecule has 0 spiro atoms. The van der Waals surface area contributed by atoms with Gasteiger partial charge in [-0.3, -0.25) is 4.79 Å². The SMILES string of the molecule is CNC(=O)C(C)Nc1c(N)cccc1Cl. The van der Waals surface area contributed by atoms with Gasteiger partial charge in [0.25, 0.3) is 0 Å². The number of benzene rings is 1. The van der Waals surface area contributed by atoms with E-state index in [0.29, 0.717) is 16.4 Å². The number of rotatable bonds is 3. The van der Waals surface area contributed by atoms with Crippen LogP contribution in [0.25, 0.3) is 0 Å². The molecule has 0 aliphatic rings. The van der Waals surface area contributed by atoms with Crippen molar-refractivity contribution in [3.05, 3.63) is 23.2 Å². The Morgan fingerprint density at radius 1 is 1.53 bits per heavy atom. The summed E-state index contributed by atoms with van der Waals surface area (Å²) in [6, 6.07) is 4.83. The molecule has 0 radical (unpaired) electrons. The fourth-order valence-corrected chi connectivity index (χ4v) is 1.43. The molecule has 5 heteroatoms. The number of carbonyl (C=O) groups is 1. The number of halogens is 1. The van der Waals surface area contributed by atoms with Gasteiger partial charge < -0.3 is 16.4 Å². The lowest BCUT2D eigenvalue weighted by Gasteiger charge is -2.16. The van der Waals surface area contributed by atoms with Crippen molar-refractivity contribution in [2.24, 2.45) is 0 Å². The summed E-state index contributed by atoms with van der Waals surface area (Å²) in [6.45, 7) is 1.74. The highest BCUT2D eigenvalue weighted by Gasteiger charge is 2.13. The van der Waals surface area contributed by atoms with E-state index in [1.54, 1.807) is 32.2 Å². The zero-order valence-electron chi connectivity index (χ0n) is 8.67. The Balaban J connectivity index is 2.85. The topological polar surface area (TPSA) is 67.2 Å². The Bertz CT molecular complexity index is 347. The first-order valence-corrected chi connectivity index (χ1v) is 4.96. The molecule has 1 aromatic rings. The highest BCUT2D eigenvalue weighted by atomic mass is 35.5. The normalized spacial score (nSPS) is 11.9. The molecule has 1 amide bonds. The van der Waals surface area contributed by atoms with E-state index in [0.717, 1.165) is 0 Å². The summed E-state index contributed by atoms with van der Waals surface area (Å²) >= 11 is 5.95. The van der Waals surface area contributed by atoms with E-state index in [4.69, 9.17) is 17.3 Å². The van der Waals surface area contributed by atoms with Gasteiger partial charge in [-0.15, -0.1) is 0 Å². The van der Waals surface area contributed by atoms with Crippen LogP contribution < -0.4 is 16.4 Å². The summed E-state index contributed by atoms with van der Waals surface area (Å²) in [5, 5.41) is 6.00. The maximum absolute atomic E-state index is 11.3. The molecule has 1 aromatic carbocycles. The molecule has 4 N–H and O–H groups in total. The van der Waals surface area contributed by atoms with Crippen molar-refractivity contribution >= 4 is 28.9 Å². The summed E-state index contributed by atoms with van der Waals surface area (Å²) in [7, 11) is 1.58. The lowest BCUT2D eigenvalue weighted by atomic mass is 10.2. The number of para-hydroxylation sites is 1. The zero-order valence-corrected chi connectivity index (χ0v) is 9.43. The van der Waals surface area contributed by atoms with Gasteiger partial charge >= 0.3 is 0 Å². The van der Waals surface area contributed by atoms with Crippen molar-refractivity contribution in [2.75, 3.05) is 18.1 Å². The number of hydrogen-bond acceptors (Lipinski definition) is 3. The Hall–Kier alpha value is -1.42. The smallest absolute Gasteiger partial charge is 0.241 e. The van der Waals surface area contributed by atoms with E-state index in [2.05, 4.69) is 10.6 Å². The maximum atomic E-state index is 11.3. The van der Waals surface area contributed by atoms with E-state index in [9.17, 15) is 4.79 Å². The number of nitrogens with two attached hydrogens (primary N) is 1. The van der Waals surface area contributed by atoms with E-state index in [1.165, 1.54) is 0 Å². The van der Waals surface area contributed by atoms with Crippen LogP contribution in [-0.4, -0.2) is 19.0 Å². The average molecular weight is 228 g/mol. The molecule has 0 aliphatic heterocycles. The molecular weight excluding hydrogens is 214 g/mol. The van der Waals surface area contributed by atoms with Crippen LogP contribution in [0, 0.1) is 0 Å². The predicted octanol–water partition coefficient (Wildman–Crippen LogP) is 1.47. The Labute approximate surface area is 93.8 Å². The summed E-state index contributed by atoms with van der Waals surface area (Å²) in [4.78, 5) is 11.3. The fourth-order valence-electron chi connectivity index (χ4n) is 1.19. The van der Waals surface area contributed by atoms with E-state index in [1.807, 2.05) is 0 Å². The van der Waals surface area contributed by atoms with Crippen molar-refractivity contribution in [3.8, 4) is 0 Å². The molecule has 0 aromatic heterocycles. The summed E-state index contributed by atoms with van der Waals surface area (Å²) in [6.07, 6.45) is 0. The molecule has 0 bridgehead atoms. The number of amides is 1. The van der Waals surface area contributed by atoms with Crippen LogP contribution in [0.5, 0.6) is 0 Å². The van der Waals surface area contributed by atoms with E-state index < -0.39 is 0 Å². The summed E-state index contributed by atoms with van der Waals surface area (Å²) < 4.78 is 0. The standard InChI is InChI=1S/C10H14ClN3O/c1-6(10(15)13-2)14-9-7(11)4-3-5-8(9)12/h3-6,14H,12H2,1-2H3,(H,13,15). The second-order valence-corrected chi connectivity index (χ2v) is 3.59. The van der Waals surface area contributed by atoms with Crippen molar-refractivity contribution in [2.45, 2.75) is 13.0 Å². The number of likely N-dealkylation sites (N-methyl/N-ethyl adjacent to an activating group) is 1. The van der Waals surface area contributed by atoms with E-state index >= 15 is 0 Å². The first-order chi connectivity index (χ1) is 7.06. The molecule has 0 saturated heterocycles. The van der Waals surface area contributed by atoms with Gasteiger partial charge in [0.15, 0.2) is 0 Å². The number of carbonyl (C=O) groups excluding carboxylic acids is 1. The van der Waals surface area contributed by atoms with Crippen LogP contribution in [0.1, 0.15) is 6.92 Å². The van der Waals surface area contributed by atoms with Gasteiger partial charge in [0.1, 0.15) is 6.04 Å². The van der Waals surface area contributed by atoms with Crippen molar-refractivity contribution < 1.29 is 4.79 Å². The van der Waals surface area contributed by atoms with Crippen LogP contribution in [-0.2, 0) is 4.79 Å². The summed E-state index contributed by atoms with van der Waals surface area (Å²) in [5.41, 5.74) is 6.85. The van der Waals surface area contributed by atoms with Crippen LogP contribution in [0.4, 0.5) is 11.4 Å². The molecule has 1 unspecified atom stereocenters. The number of nitrogens with one attached hydrogen (secondary N) is 2. The molecule has 0 saturated carbocycles. The molecule has 0 fully saturated rings. The molecular formula is C10H14ClN3O. The van der Waals surface area contributed by atoms with Gasteiger partial charge in [-0.2, -0.15) is 0 Å². The van der Waals surface area contributed by atoms with Crippen LogP contribution >= 0.6 is 11.6 Å². The third-order valence-electron chi connectivity index (χ3n) is 2.05. The highest BCUT2D eigenvalue weighted by Crippen LogP contribution is 2.28. The molecule has 4 nitrogen and oxygen atoms in total. The maximum Gasteiger partial charge on any atom is 0.241 e. The average Bonchev–Trinajstić information content (AvgIpc) is 2.22. The first kappa shape index (κ1) is 11.7. The van der Waals surface area contributed by atoms with Gasteiger partial charge in [-0.1, -0.05) is 17.7 Å². The molecule has 1 atom stereocenters. The minimum atomic E-state index is -0.378. The zero-order chi connectivity index (χ0) is 11.4. The molecule has 15 heavy (non-hydrogen) atoms. The van der Waals surface area contributed by atoms with Crippen LogP contribution in [0.15, 0.2) is 18.2 Å². The monoisotopic (exact) mass is 227 g/mol. The lowest BCUT2D eigenvalue weighted by molar-refractivity contribution is -0.121. The molecule has 0 aliphatic carbocycles.